The van der Waals surface area contributed by atoms with Crippen molar-refractivity contribution in [1.82, 2.24) is 0 Å². The zero-order valence-corrected chi connectivity index (χ0v) is 9.67. The zero-order valence-electron chi connectivity index (χ0n) is 8.91. The van der Waals surface area contributed by atoms with E-state index in [1.54, 1.807) is 6.07 Å². The molecule has 1 aliphatic carbocycles. The van der Waals surface area contributed by atoms with Crippen molar-refractivity contribution in [3.8, 4) is 11.5 Å². The van der Waals surface area contributed by atoms with E-state index in [1.807, 2.05) is 6.07 Å². The van der Waals surface area contributed by atoms with Gasteiger partial charge in [-0.3, -0.25) is 0 Å². The Morgan fingerprint density at radius 3 is 2.56 bits per heavy atom. The van der Waals surface area contributed by atoms with Crippen molar-refractivity contribution in [2.45, 2.75) is 25.3 Å². The molecule has 2 aliphatic rings. The molecule has 4 heteroatoms. The topological polar surface area (TPSA) is 44.5 Å². The largest absolute Gasteiger partial charge is 0.454 e. The second kappa shape index (κ2) is 3.82. The molecule has 0 aromatic heterocycles. The van der Waals surface area contributed by atoms with Gasteiger partial charge in [-0.05, 0) is 30.4 Å². The van der Waals surface area contributed by atoms with Crippen LogP contribution in [0.5, 0.6) is 11.5 Å². The third-order valence-electron chi connectivity index (χ3n) is 3.51. The molecule has 2 N–H and O–H groups in total. The van der Waals surface area contributed by atoms with E-state index in [0.29, 0.717) is 10.9 Å². The lowest BCUT2D eigenvalue weighted by molar-refractivity contribution is 0.174. The molecule has 1 heterocycles. The van der Waals surface area contributed by atoms with Crippen molar-refractivity contribution < 1.29 is 9.47 Å². The third-order valence-corrected chi connectivity index (χ3v) is 3.84. The maximum Gasteiger partial charge on any atom is 0.231 e. The molecular weight excluding hydrogens is 226 g/mol. The maximum atomic E-state index is 6.21. The summed E-state index contributed by atoms with van der Waals surface area (Å²) in [5.41, 5.74) is 7.20. The molecule has 1 aromatic rings. The summed E-state index contributed by atoms with van der Waals surface area (Å²) in [6.07, 6.45) is 3.68. The van der Waals surface area contributed by atoms with Crippen LogP contribution in [0.2, 0.25) is 5.02 Å². The minimum absolute atomic E-state index is 0.0238. The van der Waals surface area contributed by atoms with Gasteiger partial charge in [-0.15, -0.1) is 0 Å². The van der Waals surface area contributed by atoms with Crippen molar-refractivity contribution in [2.24, 2.45) is 11.7 Å². The van der Waals surface area contributed by atoms with E-state index < -0.39 is 0 Å². The second-order valence-electron chi connectivity index (χ2n) is 4.44. The standard InChI is InChI=1S/C12H14ClNO2/c13-9-5-11-10(15-6-16-11)4-8(9)12(14)7-2-1-3-7/h4-5,7,12H,1-3,6,14H2/t12-/m1/s1. The summed E-state index contributed by atoms with van der Waals surface area (Å²) in [4.78, 5) is 0. The number of benzene rings is 1. The summed E-state index contributed by atoms with van der Waals surface area (Å²) in [6.45, 7) is 0.272. The molecule has 3 nitrogen and oxygen atoms in total. The van der Waals surface area contributed by atoms with Gasteiger partial charge < -0.3 is 15.2 Å². The summed E-state index contributed by atoms with van der Waals surface area (Å²) in [5, 5.41) is 0.684. The van der Waals surface area contributed by atoms with E-state index in [2.05, 4.69) is 0 Å². The van der Waals surface area contributed by atoms with E-state index in [-0.39, 0.29) is 12.8 Å². The first-order valence-electron chi connectivity index (χ1n) is 5.60. The molecule has 1 aliphatic heterocycles. The highest BCUT2D eigenvalue weighted by molar-refractivity contribution is 6.31. The van der Waals surface area contributed by atoms with Gasteiger partial charge in [-0.2, -0.15) is 0 Å². The number of ether oxygens (including phenoxy) is 2. The molecular formula is C12H14ClNO2. The Labute approximate surface area is 99.5 Å². The summed E-state index contributed by atoms with van der Waals surface area (Å²) >= 11 is 6.21. The van der Waals surface area contributed by atoms with Crippen LogP contribution in [0.4, 0.5) is 0 Å². The summed E-state index contributed by atoms with van der Waals surface area (Å²) in [6, 6.07) is 3.75. The fourth-order valence-corrected chi connectivity index (χ4v) is 2.52. The molecule has 3 rings (SSSR count). The van der Waals surface area contributed by atoms with E-state index in [4.69, 9.17) is 26.8 Å². The van der Waals surface area contributed by atoms with Crippen LogP contribution in [0.15, 0.2) is 12.1 Å². The fraction of sp³-hybridized carbons (Fsp3) is 0.500. The lowest BCUT2D eigenvalue weighted by atomic mass is 9.77. The first kappa shape index (κ1) is 10.2. The lowest BCUT2D eigenvalue weighted by Crippen LogP contribution is -2.27. The third kappa shape index (κ3) is 1.55. The van der Waals surface area contributed by atoms with Crippen LogP contribution >= 0.6 is 11.6 Å². The van der Waals surface area contributed by atoms with E-state index in [0.717, 1.165) is 17.1 Å². The number of hydrogen-bond acceptors (Lipinski definition) is 3. The number of nitrogens with two attached hydrogens (primary N) is 1. The van der Waals surface area contributed by atoms with Crippen LogP contribution in [-0.4, -0.2) is 6.79 Å². The van der Waals surface area contributed by atoms with Gasteiger partial charge in [0.25, 0.3) is 0 Å². The van der Waals surface area contributed by atoms with Crippen LogP contribution in [0.1, 0.15) is 30.9 Å². The Balaban J connectivity index is 1.94. The van der Waals surface area contributed by atoms with Gasteiger partial charge in [-0.25, -0.2) is 0 Å². The van der Waals surface area contributed by atoms with Crippen molar-refractivity contribution in [3.63, 3.8) is 0 Å². The highest BCUT2D eigenvalue weighted by atomic mass is 35.5. The van der Waals surface area contributed by atoms with Gasteiger partial charge in [-0.1, -0.05) is 18.0 Å². The molecule has 1 fully saturated rings. The number of hydrogen-bond donors (Lipinski definition) is 1. The normalized spacial score (nSPS) is 20.6. The first-order chi connectivity index (χ1) is 7.75. The average molecular weight is 240 g/mol. The maximum absolute atomic E-state index is 6.21. The Hall–Kier alpha value is -0.930. The van der Waals surface area contributed by atoms with Crippen molar-refractivity contribution in [3.05, 3.63) is 22.7 Å². The minimum Gasteiger partial charge on any atom is -0.454 e. The summed E-state index contributed by atoms with van der Waals surface area (Å²) in [7, 11) is 0. The van der Waals surface area contributed by atoms with Gasteiger partial charge >= 0.3 is 0 Å². The predicted molar refractivity (Wildman–Crippen MR) is 61.8 cm³/mol. The van der Waals surface area contributed by atoms with E-state index >= 15 is 0 Å². The van der Waals surface area contributed by atoms with Gasteiger partial charge in [0.2, 0.25) is 6.79 Å². The van der Waals surface area contributed by atoms with Crippen LogP contribution in [0.25, 0.3) is 0 Å². The Morgan fingerprint density at radius 2 is 1.94 bits per heavy atom. The molecule has 1 atom stereocenters. The summed E-state index contributed by atoms with van der Waals surface area (Å²) < 4.78 is 10.6. The Kier molecular flexibility index (Phi) is 2.45. The molecule has 86 valence electrons. The van der Waals surface area contributed by atoms with Crippen molar-refractivity contribution in [2.75, 3.05) is 6.79 Å². The van der Waals surface area contributed by atoms with Gasteiger partial charge in [0, 0.05) is 17.1 Å². The van der Waals surface area contributed by atoms with Crippen LogP contribution in [-0.2, 0) is 0 Å². The second-order valence-corrected chi connectivity index (χ2v) is 4.85. The Bertz CT molecular complexity index is 418. The smallest absolute Gasteiger partial charge is 0.231 e. The van der Waals surface area contributed by atoms with Gasteiger partial charge in [0.05, 0.1) is 0 Å². The van der Waals surface area contributed by atoms with Gasteiger partial charge in [0.1, 0.15) is 0 Å². The molecule has 0 amide bonds. The summed E-state index contributed by atoms with van der Waals surface area (Å²) in [5.74, 6) is 2.04. The van der Waals surface area contributed by atoms with E-state index in [1.165, 1.54) is 19.3 Å². The van der Waals surface area contributed by atoms with Crippen molar-refractivity contribution in [1.29, 1.82) is 0 Å². The SMILES string of the molecule is N[C@@H](c1cc2c(cc1Cl)OCO2)C1CCC1. The van der Waals surface area contributed by atoms with Crippen LogP contribution < -0.4 is 15.2 Å². The monoisotopic (exact) mass is 239 g/mol. The molecule has 1 saturated carbocycles. The van der Waals surface area contributed by atoms with Crippen LogP contribution in [0, 0.1) is 5.92 Å². The molecule has 16 heavy (non-hydrogen) atoms. The predicted octanol–water partition coefficient (Wildman–Crippen LogP) is 2.87. The van der Waals surface area contributed by atoms with Crippen molar-refractivity contribution >= 4 is 11.6 Å². The highest BCUT2D eigenvalue weighted by Gasteiger charge is 2.28. The fourth-order valence-electron chi connectivity index (χ4n) is 2.24. The average Bonchev–Trinajstić information content (AvgIpc) is 2.60. The molecule has 0 bridgehead atoms. The lowest BCUT2D eigenvalue weighted by Gasteiger charge is -2.31. The molecule has 0 radical (unpaired) electrons. The Morgan fingerprint density at radius 1 is 1.25 bits per heavy atom. The number of rotatable bonds is 2. The molecule has 0 saturated heterocycles. The van der Waals surface area contributed by atoms with Gasteiger partial charge in [0.15, 0.2) is 11.5 Å². The highest BCUT2D eigenvalue weighted by Crippen LogP contribution is 2.43. The molecule has 1 aromatic carbocycles. The first-order valence-corrected chi connectivity index (χ1v) is 5.98. The molecule has 0 unspecified atom stereocenters. The zero-order chi connectivity index (χ0) is 11.1. The minimum atomic E-state index is 0.0238. The van der Waals surface area contributed by atoms with Crippen LogP contribution in [0.3, 0.4) is 0 Å². The number of halogens is 1. The molecule has 0 spiro atoms. The quantitative estimate of drug-likeness (QED) is 0.863. The van der Waals surface area contributed by atoms with E-state index in [9.17, 15) is 0 Å². The number of fused-ring (bicyclic) bond motifs is 1.